The summed E-state index contributed by atoms with van der Waals surface area (Å²) in [6.45, 7) is 31.4. The maximum atomic E-state index is 8.91. The second-order valence-corrected chi connectivity index (χ2v) is 70.9. The maximum absolute atomic E-state index is 8.91. The molecule has 0 aromatic heterocycles. The SMILES string of the molecule is CC1Cc2cc(C=Cc3ccccc3)ccc2CC1[Si](C)(C)O[Si](C)(C)C1Cc2cc(C3Cc4ccc(C=C[Si](C)(C)C)cc4CC3c3ccccc3)ccc2CC1c1ccc2c(c1)CC([Si](C)(C)O[Si](C)(C)C1Cc3cc(C=Cc4ccccc4)ccc3CC1C1=CC3CC(c4ccccc4)C(c4ccc5c(c4)CC5)CC3C=C1)C(c1ccc3c(c1)CC(c1ccccc1)C(c1ccc4c(c1)CC4)C3)C2. The van der Waals surface area contributed by atoms with Crippen LogP contribution in [0.4, 0.5) is 0 Å². The molecule has 0 heterocycles. The van der Waals surface area contributed by atoms with Crippen molar-refractivity contribution in [1.29, 1.82) is 0 Å². The average Bonchev–Trinajstić information content (AvgIpc) is 0.731. The van der Waals surface area contributed by atoms with E-state index in [-0.39, 0.29) is 0 Å². The van der Waals surface area contributed by atoms with Crippen LogP contribution in [0.2, 0.25) is 94.2 Å². The van der Waals surface area contributed by atoms with Gasteiger partial charge in [-0.3, -0.25) is 0 Å². The van der Waals surface area contributed by atoms with Crippen LogP contribution in [-0.2, 0) is 111 Å². The van der Waals surface area contributed by atoms with Crippen LogP contribution in [0.5, 0.6) is 0 Å². The van der Waals surface area contributed by atoms with Crippen LogP contribution in [0, 0.1) is 23.7 Å². The molecule has 1 saturated carbocycles. The minimum Gasteiger partial charge on any atom is -0.455 e. The van der Waals surface area contributed by atoms with Crippen LogP contribution in [0.25, 0.3) is 30.4 Å². The smallest absolute Gasteiger partial charge is 0.177 e. The summed E-state index contributed by atoms with van der Waals surface area (Å²) >= 11 is 0. The molecule has 714 valence electrons. The molecule has 0 N–H and O–H groups in total. The fourth-order valence-electron chi connectivity index (χ4n) is 29.2. The summed E-state index contributed by atoms with van der Waals surface area (Å²) in [5, 5.41) is 0. The molecule has 0 spiro atoms. The van der Waals surface area contributed by atoms with Crippen LogP contribution < -0.4 is 0 Å². The lowest BCUT2D eigenvalue weighted by Gasteiger charge is -2.50. The Hall–Kier alpha value is -10.4. The molecule has 10 aliphatic rings. The van der Waals surface area contributed by atoms with Crippen LogP contribution in [0.3, 0.4) is 0 Å². The van der Waals surface area contributed by atoms with E-state index in [0.717, 1.165) is 77.0 Å². The Kier molecular flexibility index (Phi) is 25.8. The van der Waals surface area contributed by atoms with Crippen molar-refractivity contribution in [2.45, 2.75) is 264 Å². The van der Waals surface area contributed by atoms with Crippen molar-refractivity contribution in [2.75, 3.05) is 0 Å². The van der Waals surface area contributed by atoms with Gasteiger partial charge in [-0.2, -0.15) is 0 Å². The van der Waals surface area contributed by atoms with Crippen LogP contribution in [0.1, 0.15) is 228 Å². The molecule has 0 radical (unpaired) electrons. The van der Waals surface area contributed by atoms with Gasteiger partial charge in [0.05, 0.1) is 8.07 Å². The predicted molar refractivity (Wildman–Crippen MR) is 608 cm³/mol. The highest BCUT2D eigenvalue weighted by Crippen LogP contribution is 2.59. The number of hydrogen-bond donors (Lipinski definition) is 0. The molecule has 0 saturated heterocycles. The van der Waals surface area contributed by atoms with Gasteiger partial charge in [0, 0.05) is 0 Å². The fraction of sp³-hybridized carbons (Fsp3) is 0.343. The third-order valence-corrected chi connectivity index (χ3v) is 56.2. The molecule has 0 bridgehead atoms. The van der Waals surface area contributed by atoms with Crippen LogP contribution >= 0.6 is 0 Å². The second kappa shape index (κ2) is 38.6. The van der Waals surface area contributed by atoms with Gasteiger partial charge in [0.1, 0.15) is 0 Å². The Morgan fingerprint density at radius 2 is 0.518 bits per heavy atom. The van der Waals surface area contributed by atoms with Crippen molar-refractivity contribution in [1.82, 2.24) is 0 Å². The summed E-state index contributed by atoms with van der Waals surface area (Å²) in [6.07, 6.45) is 39.7. The summed E-state index contributed by atoms with van der Waals surface area (Å²) in [5.41, 5.74) is 48.8. The van der Waals surface area contributed by atoms with Gasteiger partial charge >= 0.3 is 0 Å². The first-order valence-electron chi connectivity index (χ1n) is 54.3. The largest absolute Gasteiger partial charge is 0.455 e. The Morgan fingerprint density at radius 1 is 0.227 bits per heavy atom. The van der Waals surface area contributed by atoms with Crippen LogP contribution in [0.15, 0.2) is 327 Å². The normalized spacial score (nSPS) is 25.2. The predicted octanol–water partition coefficient (Wildman–Crippen LogP) is 33.5. The van der Waals surface area contributed by atoms with Crippen molar-refractivity contribution < 1.29 is 8.23 Å². The van der Waals surface area contributed by atoms with Crippen molar-refractivity contribution in [3.8, 4) is 0 Å². The van der Waals surface area contributed by atoms with Gasteiger partial charge in [0.15, 0.2) is 33.3 Å². The highest BCUT2D eigenvalue weighted by Gasteiger charge is 2.54. The molecule has 13 aromatic rings. The van der Waals surface area contributed by atoms with Crippen LogP contribution in [-0.4, -0.2) is 41.3 Å². The molecule has 16 atom stereocenters. The topological polar surface area (TPSA) is 18.5 Å². The van der Waals surface area contributed by atoms with Crippen molar-refractivity contribution >= 4 is 71.7 Å². The van der Waals surface area contributed by atoms with Gasteiger partial charge in [0.2, 0.25) is 0 Å². The molecule has 0 amide bonds. The van der Waals surface area contributed by atoms with E-state index in [0.29, 0.717) is 93.2 Å². The molecular weight excluding hydrogens is 1780 g/mol. The number of allylic oxidation sites excluding steroid dienone is 4. The van der Waals surface area contributed by atoms with Crippen molar-refractivity contribution in [2.24, 2.45) is 23.7 Å². The zero-order chi connectivity index (χ0) is 96.2. The quantitative estimate of drug-likeness (QED) is 0.0469. The Balaban J connectivity index is 0.611. The lowest BCUT2D eigenvalue weighted by molar-refractivity contribution is 0.262. The molecule has 16 unspecified atom stereocenters. The summed E-state index contributed by atoms with van der Waals surface area (Å²) in [6, 6.07) is 118. The minimum atomic E-state index is -2.76. The summed E-state index contributed by atoms with van der Waals surface area (Å²) in [5.74, 6) is 4.92. The molecule has 23 rings (SSSR count). The zero-order valence-electron chi connectivity index (χ0n) is 85.8. The molecule has 1 fully saturated rings. The summed E-state index contributed by atoms with van der Waals surface area (Å²) in [4.78, 5) is 0. The van der Waals surface area contributed by atoms with Gasteiger partial charge in [-0.15, -0.1) is 0 Å². The number of fused-ring (bicyclic) bond motifs is 9. The Labute approximate surface area is 849 Å². The standard InChI is InChI=1S/C134H146O2Si5/c1-89-66-115-67-92(40-38-90-28-18-13-19-29-90)43-47-108(115)85-131(89)138(5,6)135-139(7,8)133-87-120-72-111(127-76-102-46-44-94(64-65-137(2,3)4)69-116(102)82-122(127)97-32-22-15-23-33-97)60-54-106(120)80-130(133)114-63-57-107-81-129(113-62-56-105-78-126(110-59-51-96-49-53-101(96)71-110)124(84-119(105)74-113)99-36-26-17-27-37-99)134(88-121(107)75-114)141(11,12)136-140(9,10)132-86-117-68-93(41-39-91-30-20-14-21-31-91)42-45-103(117)79-128(132)112-61-55-104-77-125(109-58-50-95-48-52-100(95)70-109)123(83-118(104)73-112)98-34-24-16-25-35-98/h13-47,50-51,54-65,67-75,89,104,118,122-134H,48-49,52-53,66,76-88H2,1-12H3. The third kappa shape index (κ3) is 19.5. The monoisotopic (exact) mass is 1930 g/mol. The van der Waals surface area contributed by atoms with Crippen molar-refractivity contribution in [3.63, 3.8) is 0 Å². The highest BCUT2D eigenvalue weighted by molar-refractivity contribution is 6.87. The highest BCUT2D eigenvalue weighted by atomic mass is 28.4. The van der Waals surface area contributed by atoms with Gasteiger partial charge < -0.3 is 8.23 Å². The summed E-state index contributed by atoms with van der Waals surface area (Å²) < 4.78 is 17.4. The average molecular weight is 1930 g/mol. The van der Waals surface area contributed by atoms with E-state index in [9.17, 15) is 0 Å². The fourth-order valence-corrected chi connectivity index (χ4v) is 51.3. The molecule has 0 aliphatic heterocycles. The molecule has 2 nitrogen and oxygen atoms in total. The number of hydrogen-bond acceptors (Lipinski definition) is 2. The summed E-state index contributed by atoms with van der Waals surface area (Å²) in [7, 11) is -11.9. The first kappa shape index (κ1) is 94.2. The zero-order valence-corrected chi connectivity index (χ0v) is 90.8. The Morgan fingerprint density at radius 3 is 0.950 bits per heavy atom. The van der Waals surface area contributed by atoms with E-state index >= 15 is 0 Å². The molecular formula is C134H146O2Si5. The molecule has 13 aromatic carbocycles. The van der Waals surface area contributed by atoms with Gasteiger partial charge in [-0.05, 0) is 428 Å². The third-order valence-electron chi connectivity index (χ3n) is 36.9. The Bertz CT molecular complexity index is 6990. The molecule has 141 heavy (non-hydrogen) atoms. The van der Waals surface area contributed by atoms with Crippen molar-refractivity contribution in [3.05, 3.63) is 488 Å². The minimum absolute atomic E-state index is 0.292. The van der Waals surface area contributed by atoms with Gasteiger partial charge in [-0.25, -0.2) is 0 Å². The number of rotatable bonds is 23. The number of benzene rings is 13. The first-order valence-corrected chi connectivity index (χ1v) is 69.8. The molecule has 10 aliphatic carbocycles. The van der Waals surface area contributed by atoms with Gasteiger partial charge in [-0.1, -0.05) is 378 Å². The lowest BCUT2D eigenvalue weighted by atomic mass is 9.61. The van der Waals surface area contributed by atoms with E-state index in [2.05, 4.69) is 431 Å². The number of aryl methyl sites for hydroxylation is 4. The lowest BCUT2D eigenvalue weighted by Crippen LogP contribution is -2.54. The van der Waals surface area contributed by atoms with E-state index in [4.69, 9.17) is 8.23 Å². The molecule has 7 heteroatoms. The maximum Gasteiger partial charge on any atom is 0.177 e. The van der Waals surface area contributed by atoms with E-state index in [1.54, 1.807) is 66.8 Å². The first-order chi connectivity index (χ1) is 68.2. The van der Waals surface area contributed by atoms with E-state index in [1.807, 2.05) is 0 Å². The van der Waals surface area contributed by atoms with Gasteiger partial charge in [0.25, 0.3) is 0 Å². The second-order valence-electron chi connectivity index (χ2n) is 48.4. The van der Waals surface area contributed by atoms with E-state index in [1.165, 1.54) is 139 Å². The van der Waals surface area contributed by atoms with E-state index < -0.39 is 41.3 Å².